The Bertz CT molecular complexity index is 1030. The van der Waals surface area contributed by atoms with Crippen molar-refractivity contribution in [2.45, 2.75) is 26.9 Å². The van der Waals surface area contributed by atoms with Crippen LogP contribution >= 0.6 is 0 Å². The molecule has 0 atom stereocenters. The number of imide groups is 1. The normalized spacial score (nSPS) is 16.4. The van der Waals surface area contributed by atoms with Crippen molar-refractivity contribution in [2.75, 3.05) is 27.3 Å². The number of aromatic nitrogens is 2. The maximum absolute atomic E-state index is 13.0. The van der Waals surface area contributed by atoms with Gasteiger partial charge in [-0.1, -0.05) is 5.16 Å². The van der Waals surface area contributed by atoms with E-state index in [1.807, 2.05) is 18.9 Å². The number of hydrazine groups is 1. The summed E-state index contributed by atoms with van der Waals surface area (Å²) < 4.78 is 15.9. The number of methoxy groups -OCH3 is 2. The molecule has 0 spiro atoms. The molecule has 2 aromatic heterocycles. The quantitative estimate of drug-likeness (QED) is 0.653. The topological polar surface area (TPSA) is 113 Å². The molecule has 2 aromatic rings. The monoisotopic (exact) mass is 428 g/mol. The minimum atomic E-state index is -0.399. The zero-order valence-electron chi connectivity index (χ0n) is 17.8. The van der Waals surface area contributed by atoms with Crippen LogP contribution in [-0.4, -0.2) is 64.2 Å². The van der Waals surface area contributed by atoms with E-state index >= 15 is 0 Å². The van der Waals surface area contributed by atoms with E-state index in [2.05, 4.69) is 15.6 Å². The average Bonchev–Trinajstić information content (AvgIpc) is 3.42. The van der Waals surface area contributed by atoms with E-state index in [-0.39, 0.29) is 19.0 Å². The smallest absolute Gasteiger partial charge is 0.332 e. The van der Waals surface area contributed by atoms with Gasteiger partial charge >= 0.3 is 6.03 Å². The second-order valence-corrected chi connectivity index (χ2v) is 7.25. The van der Waals surface area contributed by atoms with Crippen LogP contribution in [0.1, 0.15) is 22.7 Å². The van der Waals surface area contributed by atoms with Gasteiger partial charge in [0.25, 0.3) is 5.91 Å². The number of nitrogens with one attached hydrogen (secondary N) is 1. The standard InChI is InChI=1S/C20H24N6O5/c1-12-15(13(2)31-23-12)9-25-8-14(7-22-25)26-18(27)11-24(20(26)28)10-16-19(30-4)17(29-3)5-6-21-16/h5-6,8,22H,7,9-11H2,1-4H3. The molecule has 2 aliphatic rings. The van der Waals surface area contributed by atoms with Gasteiger partial charge in [-0.05, 0) is 13.8 Å². The van der Waals surface area contributed by atoms with E-state index < -0.39 is 6.03 Å². The SMILES string of the molecule is COc1ccnc(CN2CC(=O)N(C3=CN(Cc4c(C)noc4C)NC3)C2=O)c1OC. The van der Waals surface area contributed by atoms with Crippen LogP contribution in [0.15, 0.2) is 28.7 Å². The molecule has 3 amide bonds. The van der Waals surface area contributed by atoms with E-state index in [9.17, 15) is 9.59 Å². The minimum Gasteiger partial charge on any atom is -0.493 e. The summed E-state index contributed by atoms with van der Waals surface area (Å²) in [4.78, 5) is 32.6. The summed E-state index contributed by atoms with van der Waals surface area (Å²) in [7, 11) is 3.04. The average molecular weight is 428 g/mol. The van der Waals surface area contributed by atoms with Gasteiger partial charge in [0.15, 0.2) is 11.5 Å². The third-order valence-electron chi connectivity index (χ3n) is 5.31. The number of ether oxygens (including phenoxy) is 2. The van der Waals surface area contributed by atoms with Gasteiger partial charge in [0, 0.05) is 24.0 Å². The second-order valence-electron chi connectivity index (χ2n) is 7.25. The maximum atomic E-state index is 13.0. The molecule has 31 heavy (non-hydrogen) atoms. The van der Waals surface area contributed by atoms with Gasteiger partial charge in [-0.3, -0.25) is 9.78 Å². The molecule has 0 unspecified atom stereocenters. The summed E-state index contributed by atoms with van der Waals surface area (Å²) in [5, 5.41) is 5.77. The zero-order chi connectivity index (χ0) is 22.1. The molecule has 2 aliphatic heterocycles. The predicted octanol–water partition coefficient (Wildman–Crippen LogP) is 1.33. The molecule has 1 saturated heterocycles. The lowest BCUT2D eigenvalue weighted by Crippen LogP contribution is -2.34. The number of rotatable bonds is 7. The fourth-order valence-electron chi connectivity index (χ4n) is 3.69. The van der Waals surface area contributed by atoms with Gasteiger partial charge in [-0.2, -0.15) is 0 Å². The van der Waals surface area contributed by atoms with E-state index in [1.165, 1.54) is 24.0 Å². The Morgan fingerprint density at radius 1 is 1.19 bits per heavy atom. The van der Waals surface area contributed by atoms with E-state index in [0.717, 1.165) is 17.0 Å². The summed E-state index contributed by atoms with van der Waals surface area (Å²) in [6.07, 6.45) is 3.34. The molecule has 0 aromatic carbocycles. The molecular weight excluding hydrogens is 404 g/mol. The van der Waals surface area contributed by atoms with Crippen molar-refractivity contribution >= 4 is 11.9 Å². The zero-order valence-corrected chi connectivity index (χ0v) is 17.8. The number of carbonyl (C=O) groups excluding carboxylic acids is 2. The highest BCUT2D eigenvalue weighted by molar-refractivity contribution is 6.03. The Labute approximate surface area is 179 Å². The molecule has 4 rings (SSSR count). The Hall–Kier alpha value is -3.60. The molecule has 1 N–H and O–H groups in total. The molecule has 4 heterocycles. The number of hydrogen-bond donors (Lipinski definition) is 1. The summed E-state index contributed by atoms with van der Waals surface area (Å²) in [6.45, 7) is 4.68. The molecule has 0 radical (unpaired) electrons. The lowest BCUT2D eigenvalue weighted by Gasteiger charge is -2.18. The van der Waals surface area contributed by atoms with Gasteiger partial charge in [0.2, 0.25) is 0 Å². The highest BCUT2D eigenvalue weighted by Gasteiger charge is 2.40. The first-order valence-corrected chi connectivity index (χ1v) is 9.73. The number of aryl methyl sites for hydroxylation is 2. The summed E-state index contributed by atoms with van der Waals surface area (Å²) in [5.74, 6) is 1.40. The first-order valence-electron chi connectivity index (χ1n) is 9.73. The molecule has 11 nitrogen and oxygen atoms in total. The van der Waals surface area contributed by atoms with Crippen LogP contribution in [-0.2, 0) is 17.9 Å². The Kier molecular flexibility index (Phi) is 5.51. The molecular formula is C20H24N6O5. The van der Waals surface area contributed by atoms with Gasteiger partial charge in [-0.25, -0.2) is 15.1 Å². The number of nitrogens with zero attached hydrogens (tertiary/aromatic N) is 5. The van der Waals surface area contributed by atoms with E-state index in [0.29, 0.717) is 36.0 Å². The highest BCUT2D eigenvalue weighted by atomic mass is 16.5. The molecule has 1 fully saturated rings. The summed E-state index contributed by atoms with van der Waals surface area (Å²) in [6, 6.07) is 1.28. The van der Waals surface area contributed by atoms with Crippen LogP contribution in [0.4, 0.5) is 4.79 Å². The third-order valence-corrected chi connectivity index (χ3v) is 5.31. The molecule has 0 bridgehead atoms. The van der Waals surface area contributed by atoms with Gasteiger partial charge in [0.05, 0.1) is 45.2 Å². The molecule has 11 heteroatoms. The Balaban J connectivity index is 1.49. The van der Waals surface area contributed by atoms with Crippen LogP contribution in [0.3, 0.4) is 0 Å². The number of carbonyl (C=O) groups is 2. The van der Waals surface area contributed by atoms with Crippen LogP contribution in [0.5, 0.6) is 11.5 Å². The lowest BCUT2D eigenvalue weighted by atomic mass is 10.2. The van der Waals surface area contributed by atoms with Crippen molar-refractivity contribution in [1.29, 1.82) is 0 Å². The van der Waals surface area contributed by atoms with Gasteiger partial charge < -0.3 is 23.9 Å². The van der Waals surface area contributed by atoms with Crippen molar-refractivity contribution in [2.24, 2.45) is 0 Å². The summed E-state index contributed by atoms with van der Waals surface area (Å²) >= 11 is 0. The maximum Gasteiger partial charge on any atom is 0.332 e. The number of amides is 3. The predicted molar refractivity (Wildman–Crippen MR) is 108 cm³/mol. The number of pyridine rings is 1. The largest absolute Gasteiger partial charge is 0.493 e. The first-order chi connectivity index (χ1) is 14.9. The highest BCUT2D eigenvalue weighted by Crippen LogP contribution is 2.31. The van der Waals surface area contributed by atoms with E-state index in [1.54, 1.807) is 18.5 Å². The molecule has 0 aliphatic carbocycles. The van der Waals surface area contributed by atoms with Crippen molar-refractivity contribution in [3.8, 4) is 11.5 Å². The van der Waals surface area contributed by atoms with Crippen LogP contribution < -0.4 is 14.9 Å². The van der Waals surface area contributed by atoms with Gasteiger partial charge in [0.1, 0.15) is 18.0 Å². The van der Waals surface area contributed by atoms with Gasteiger partial charge in [-0.15, -0.1) is 0 Å². The fraction of sp³-hybridized carbons (Fsp3) is 0.400. The fourth-order valence-corrected chi connectivity index (χ4v) is 3.69. The van der Waals surface area contributed by atoms with Crippen molar-refractivity contribution in [3.63, 3.8) is 0 Å². The van der Waals surface area contributed by atoms with Crippen LogP contribution in [0.2, 0.25) is 0 Å². The lowest BCUT2D eigenvalue weighted by molar-refractivity contribution is -0.124. The minimum absolute atomic E-state index is 0.0396. The molecule has 0 saturated carbocycles. The Morgan fingerprint density at radius 3 is 2.68 bits per heavy atom. The van der Waals surface area contributed by atoms with E-state index in [4.69, 9.17) is 14.0 Å². The van der Waals surface area contributed by atoms with Crippen LogP contribution in [0, 0.1) is 13.8 Å². The Morgan fingerprint density at radius 2 is 2.00 bits per heavy atom. The molecule has 164 valence electrons. The first kappa shape index (κ1) is 20.7. The van der Waals surface area contributed by atoms with Crippen molar-refractivity contribution in [1.82, 2.24) is 30.4 Å². The second kappa shape index (κ2) is 8.26. The van der Waals surface area contributed by atoms with Crippen molar-refractivity contribution in [3.05, 3.63) is 46.9 Å². The van der Waals surface area contributed by atoms with Crippen molar-refractivity contribution < 1.29 is 23.6 Å². The number of hydrogen-bond acceptors (Lipinski definition) is 9. The number of urea groups is 1. The summed E-state index contributed by atoms with van der Waals surface area (Å²) in [5.41, 5.74) is 6.03. The van der Waals surface area contributed by atoms with Crippen LogP contribution in [0.25, 0.3) is 0 Å². The third kappa shape index (κ3) is 3.79.